The van der Waals surface area contributed by atoms with Gasteiger partial charge in [-0.05, 0) is 46.7 Å². The summed E-state index contributed by atoms with van der Waals surface area (Å²) in [7, 11) is 0. The van der Waals surface area contributed by atoms with Gasteiger partial charge in [0.25, 0.3) is 0 Å². The van der Waals surface area contributed by atoms with Gasteiger partial charge in [0.05, 0.1) is 11.6 Å². The minimum atomic E-state index is 0.393. The molecule has 146 valence electrons. The summed E-state index contributed by atoms with van der Waals surface area (Å²) in [6.07, 6.45) is 1.85. The van der Waals surface area contributed by atoms with Crippen LogP contribution in [0.2, 0.25) is 10.0 Å². The number of allylic oxidation sites excluding steroid dienone is 1. The third-order valence-corrected chi connectivity index (χ3v) is 5.39. The lowest BCUT2D eigenvalue weighted by Crippen LogP contribution is -1.98. The molecule has 0 fully saturated rings. The number of rotatable bonds is 5. The Labute approximate surface area is 185 Å². The van der Waals surface area contributed by atoms with Crippen LogP contribution in [0, 0.1) is 11.3 Å². The molecule has 0 aliphatic heterocycles. The van der Waals surface area contributed by atoms with E-state index in [1.165, 1.54) is 0 Å². The third-order valence-electron chi connectivity index (χ3n) is 4.81. The second-order valence-electron chi connectivity index (χ2n) is 6.76. The van der Waals surface area contributed by atoms with Crippen LogP contribution >= 0.6 is 23.2 Å². The van der Waals surface area contributed by atoms with Gasteiger partial charge in [-0.15, -0.1) is 0 Å². The van der Waals surface area contributed by atoms with Gasteiger partial charge in [0.2, 0.25) is 0 Å². The highest BCUT2D eigenvalue weighted by molar-refractivity contribution is 6.33. The Balaban J connectivity index is 1.80. The van der Waals surface area contributed by atoms with Gasteiger partial charge in [0.1, 0.15) is 12.4 Å². The van der Waals surface area contributed by atoms with Gasteiger partial charge in [-0.25, -0.2) is 0 Å². The van der Waals surface area contributed by atoms with E-state index in [4.69, 9.17) is 27.9 Å². The summed E-state index contributed by atoms with van der Waals surface area (Å²) in [6.45, 7) is 0.393. The third kappa shape index (κ3) is 4.33. The molecule has 4 aromatic carbocycles. The first kappa shape index (κ1) is 20.0. The van der Waals surface area contributed by atoms with Crippen LogP contribution in [0.15, 0.2) is 84.9 Å². The molecule has 0 radical (unpaired) electrons. The van der Waals surface area contributed by atoms with E-state index in [2.05, 4.69) is 6.07 Å². The monoisotopic (exact) mass is 429 g/mol. The lowest BCUT2D eigenvalue weighted by atomic mass is 9.98. The molecule has 0 aliphatic carbocycles. The zero-order valence-electron chi connectivity index (χ0n) is 16.0. The number of hydrogen-bond donors (Lipinski definition) is 0. The number of benzene rings is 4. The number of halogens is 2. The van der Waals surface area contributed by atoms with Crippen molar-refractivity contribution in [1.82, 2.24) is 0 Å². The molecule has 0 saturated heterocycles. The van der Waals surface area contributed by atoms with Gasteiger partial charge in [-0.1, -0.05) is 83.9 Å². The molecule has 0 aromatic heterocycles. The van der Waals surface area contributed by atoms with Gasteiger partial charge in [-0.2, -0.15) is 5.26 Å². The highest BCUT2D eigenvalue weighted by Gasteiger charge is 2.12. The Morgan fingerprint density at radius 2 is 1.60 bits per heavy atom. The van der Waals surface area contributed by atoms with E-state index in [1.54, 1.807) is 6.07 Å². The fourth-order valence-corrected chi connectivity index (χ4v) is 3.65. The number of fused-ring (bicyclic) bond motifs is 1. The maximum atomic E-state index is 9.83. The van der Waals surface area contributed by atoms with Crippen LogP contribution in [0.4, 0.5) is 0 Å². The zero-order valence-corrected chi connectivity index (χ0v) is 17.5. The van der Waals surface area contributed by atoms with Crippen molar-refractivity contribution in [2.45, 2.75) is 6.61 Å². The molecule has 4 rings (SSSR count). The van der Waals surface area contributed by atoms with Crippen molar-refractivity contribution in [3.63, 3.8) is 0 Å². The summed E-state index contributed by atoms with van der Waals surface area (Å²) in [6, 6.07) is 29.2. The van der Waals surface area contributed by atoms with Crippen LogP contribution in [0.3, 0.4) is 0 Å². The molecule has 0 aliphatic rings. The predicted molar refractivity (Wildman–Crippen MR) is 125 cm³/mol. The Hall–Kier alpha value is -3.25. The molecule has 0 spiro atoms. The van der Waals surface area contributed by atoms with Gasteiger partial charge < -0.3 is 4.74 Å². The van der Waals surface area contributed by atoms with Crippen LogP contribution in [0.1, 0.15) is 16.7 Å². The fraction of sp³-hybridized carbons (Fsp3) is 0.0385. The molecule has 2 nitrogen and oxygen atoms in total. The maximum absolute atomic E-state index is 9.83. The average Bonchev–Trinajstić information content (AvgIpc) is 2.78. The Morgan fingerprint density at radius 1 is 0.867 bits per heavy atom. The molecule has 0 N–H and O–H groups in total. The van der Waals surface area contributed by atoms with E-state index >= 15 is 0 Å². The summed E-state index contributed by atoms with van der Waals surface area (Å²) in [5.74, 6) is 0.698. The first-order valence-electron chi connectivity index (χ1n) is 9.41. The standard InChI is InChI=1S/C26H17Cl2NO/c27-21-12-9-18(10-13-21)17-30-26-14-11-19-5-1-2-6-22(19)24(26)15-20(16-29)23-7-3-4-8-25(23)28/h1-15H,17H2. The maximum Gasteiger partial charge on any atom is 0.127 e. The quantitative estimate of drug-likeness (QED) is 0.239. The van der Waals surface area contributed by atoms with Crippen LogP contribution in [-0.2, 0) is 6.61 Å². The van der Waals surface area contributed by atoms with E-state index in [9.17, 15) is 5.26 Å². The Bertz CT molecular complexity index is 1270. The van der Waals surface area contributed by atoms with Crippen molar-refractivity contribution in [3.05, 3.63) is 112 Å². The predicted octanol–water partition coefficient (Wildman–Crippen LogP) is 7.79. The summed E-state index contributed by atoms with van der Waals surface area (Å²) >= 11 is 12.3. The zero-order chi connectivity index (χ0) is 20.9. The molecule has 0 atom stereocenters. The molecule has 4 heteroatoms. The summed E-state index contributed by atoms with van der Waals surface area (Å²) < 4.78 is 6.15. The molecule has 0 unspecified atom stereocenters. The van der Waals surface area contributed by atoms with E-state index < -0.39 is 0 Å². The van der Waals surface area contributed by atoms with Crippen molar-refractivity contribution >= 4 is 45.6 Å². The topological polar surface area (TPSA) is 33.0 Å². The first-order valence-corrected chi connectivity index (χ1v) is 10.2. The lowest BCUT2D eigenvalue weighted by Gasteiger charge is -2.13. The van der Waals surface area contributed by atoms with E-state index in [0.717, 1.165) is 21.9 Å². The normalized spacial score (nSPS) is 11.3. The number of nitriles is 1. The Kier molecular flexibility index (Phi) is 6.05. The van der Waals surface area contributed by atoms with Gasteiger partial charge in [0.15, 0.2) is 0 Å². The number of hydrogen-bond acceptors (Lipinski definition) is 2. The molecule has 30 heavy (non-hydrogen) atoms. The lowest BCUT2D eigenvalue weighted by molar-refractivity contribution is 0.306. The van der Waals surface area contributed by atoms with Crippen LogP contribution in [0.25, 0.3) is 22.4 Å². The van der Waals surface area contributed by atoms with Crippen molar-refractivity contribution in [2.24, 2.45) is 0 Å². The van der Waals surface area contributed by atoms with E-state index in [1.807, 2.05) is 84.9 Å². The molecule has 0 saturated carbocycles. The van der Waals surface area contributed by atoms with E-state index in [-0.39, 0.29) is 0 Å². The molecule has 4 aromatic rings. The molecule has 0 amide bonds. The molecular formula is C26H17Cl2NO. The Morgan fingerprint density at radius 3 is 2.37 bits per heavy atom. The smallest absolute Gasteiger partial charge is 0.127 e. The van der Waals surface area contributed by atoms with Crippen molar-refractivity contribution < 1.29 is 4.74 Å². The van der Waals surface area contributed by atoms with Gasteiger partial charge in [-0.3, -0.25) is 0 Å². The largest absolute Gasteiger partial charge is 0.488 e. The second-order valence-corrected chi connectivity index (χ2v) is 7.61. The fourth-order valence-electron chi connectivity index (χ4n) is 3.29. The van der Waals surface area contributed by atoms with Crippen molar-refractivity contribution in [1.29, 1.82) is 5.26 Å². The number of nitrogens with zero attached hydrogens (tertiary/aromatic N) is 1. The summed E-state index contributed by atoms with van der Waals surface area (Å²) in [5, 5.41) is 13.1. The van der Waals surface area contributed by atoms with Gasteiger partial charge in [0, 0.05) is 21.2 Å². The minimum Gasteiger partial charge on any atom is -0.488 e. The second kappa shape index (κ2) is 9.05. The summed E-state index contributed by atoms with van der Waals surface area (Å²) in [5.41, 5.74) is 3.03. The van der Waals surface area contributed by atoms with Crippen molar-refractivity contribution in [2.75, 3.05) is 0 Å². The molecular weight excluding hydrogens is 413 g/mol. The van der Waals surface area contributed by atoms with Crippen LogP contribution in [0.5, 0.6) is 5.75 Å². The molecule has 0 heterocycles. The molecule has 0 bridgehead atoms. The highest BCUT2D eigenvalue weighted by Crippen LogP contribution is 2.34. The minimum absolute atomic E-state index is 0.393. The van der Waals surface area contributed by atoms with Gasteiger partial charge >= 0.3 is 0 Å². The summed E-state index contributed by atoms with van der Waals surface area (Å²) in [4.78, 5) is 0. The van der Waals surface area contributed by atoms with Crippen LogP contribution in [-0.4, -0.2) is 0 Å². The van der Waals surface area contributed by atoms with Crippen molar-refractivity contribution in [3.8, 4) is 11.8 Å². The highest BCUT2D eigenvalue weighted by atomic mass is 35.5. The average molecular weight is 430 g/mol. The van der Waals surface area contributed by atoms with Crippen LogP contribution < -0.4 is 4.74 Å². The number of ether oxygens (including phenoxy) is 1. The van der Waals surface area contributed by atoms with E-state index in [0.29, 0.717) is 33.5 Å². The first-order chi connectivity index (χ1) is 14.7. The SMILES string of the molecule is N#CC(=Cc1c(OCc2ccc(Cl)cc2)ccc2ccccc12)c1ccccc1Cl.